The Balaban J connectivity index is 1.71. The molecule has 0 saturated carbocycles. The van der Waals surface area contributed by atoms with Crippen LogP contribution in [0, 0.1) is 6.92 Å². The fourth-order valence-corrected chi connectivity index (χ4v) is 4.41. The summed E-state index contributed by atoms with van der Waals surface area (Å²) in [4.78, 5) is 42.4. The van der Waals surface area contributed by atoms with E-state index in [0.29, 0.717) is 67.1 Å². The molecule has 1 aliphatic rings. The smallest absolute Gasteiger partial charge is 0.407 e. The van der Waals surface area contributed by atoms with Gasteiger partial charge in [0.15, 0.2) is 17.0 Å². The molecule has 0 radical (unpaired) electrons. The lowest BCUT2D eigenvalue weighted by atomic mass is 10.2. The maximum atomic E-state index is 12.2. The lowest BCUT2D eigenvalue weighted by Crippen LogP contribution is -2.48. The monoisotopic (exact) mass is 513 g/mol. The number of alkyl carbamates (subject to hydrolysis) is 1. The van der Waals surface area contributed by atoms with E-state index < -0.39 is 11.7 Å². The van der Waals surface area contributed by atoms with Crippen LogP contribution in [0.3, 0.4) is 0 Å². The topological polar surface area (TPSA) is 105 Å². The van der Waals surface area contributed by atoms with Gasteiger partial charge >= 0.3 is 6.09 Å². The lowest BCUT2D eigenvalue weighted by molar-refractivity contribution is -0.129. The number of carbonyl (C=O) groups is 2. The van der Waals surface area contributed by atoms with Crippen LogP contribution in [0.4, 0.5) is 10.6 Å². The Hall–Kier alpha value is -3.40. The molecule has 4 rings (SSSR count). The Morgan fingerprint density at radius 2 is 1.78 bits per heavy atom. The zero-order valence-corrected chi connectivity index (χ0v) is 22.1. The van der Waals surface area contributed by atoms with E-state index in [1.807, 2.05) is 61.4 Å². The van der Waals surface area contributed by atoms with E-state index in [1.54, 1.807) is 6.92 Å². The molecular weight excluding hydrogens is 482 g/mol. The number of carbonyl (C=O) groups excluding carboxylic acids is 2. The standard InChI is InChI=1S/C25H32ClN7O3/c1-16-28-22(32-14-12-31(13-15-32)17(2)34)20-23(29-16)33(11-10-27-24(35)36-25(3,4)5)21(30-20)18-8-6-7-9-19(18)26/h6-9H,10-15H2,1-5H3,(H,27,35). The molecule has 36 heavy (non-hydrogen) atoms. The van der Waals surface area contributed by atoms with Crippen LogP contribution in [0.1, 0.15) is 33.5 Å². The van der Waals surface area contributed by atoms with Crippen LogP contribution in [-0.2, 0) is 16.1 Å². The molecule has 0 spiro atoms. The third-order valence-electron chi connectivity index (χ3n) is 5.83. The molecule has 0 unspecified atom stereocenters. The van der Waals surface area contributed by atoms with Gasteiger partial charge in [-0.3, -0.25) is 4.79 Å². The molecule has 2 amide bonds. The van der Waals surface area contributed by atoms with E-state index in [1.165, 1.54) is 0 Å². The van der Waals surface area contributed by atoms with Crippen LogP contribution in [0.2, 0.25) is 5.02 Å². The van der Waals surface area contributed by atoms with Gasteiger partial charge < -0.3 is 24.4 Å². The summed E-state index contributed by atoms with van der Waals surface area (Å²) in [5.41, 5.74) is 1.50. The van der Waals surface area contributed by atoms with Crippen molar-refractivity contribution in [1.82, 2.24) is 29.7 Å². The number of rotatable bonds is 5. The predicted octanol–water partition coefficient (Wildman–Crippen LogP) is 3.65. The average Bonchev–Trinajstić information content (AvgIpc) is 3.15. The summed E-state index contributed by atoms with van der Waals surface area (Å²) in [6, 6.07) is 7.50. The number of fused-ring (bicyclic) bond motifs is 1. The highest BCUT2D eigenvalue weighted by Crippen LogP contribution is 2.33. The van der Waals surface area contributed by atoms with Crippen LogP contribution in [-0.4, -0.2) is 74.7 Å². The van der Waals surface area contributed by atoms with Crippen LogP contribution in [0.15, 0.2) is 24.3 Å². The maximum Gasteiger partial charge on any atom is 0.407 e. The molecule has 1 N–H and O–H groups in total. The molecule has 0 bridgehead atoms. The Morgan fingerprint density at radius 3 is 2.42 bits per heavy atom. The van der Waals surface area contributed by atoms with Crippen molar-refractivity contribution in [3.8, 4) is 11.4 Å². The van der Waals surface area contributed by atoms with Gasteiger partial charge in [0.05, 0.1) is 5.02 Å². The van der Waals surface area contributed by atoms with Gasteiger partial charge in [-0.25, -0.2) is 19.7 Å². The van der Waals surface area contributed by atoms with E-state index in [4.69, 9.17) is 31.3 Å². The van der Waals surface area contributed by atoms with Crippen molar-refractivity contribution in [2.45, 2.75) is 46.8 Å². The number of ether oxygens (including phenoxy) is 1. The Kier molecular flexibility index (Phi) is 7.35. The van der Waals surface area contributed by atoms with Crippen LogP contribution >= 0.6 is 11.6 Å². The SMILES string of the molecule is CC(=O)N1CCN(c2nc(C)nc3c2nc(-c2ccccc2Cl)n3CCNC(=O)OC(C)(C)C)CC1. The Labute approximate surface area is 215 Å². The first-order valence-corrected chi connectivity index (χ1v) is 12.4. The highest BCUT2D eigenvalue weighted by atomic mass is 35.5. The number of hydrogen-bond donors (Lipinski definition) is 1. The zero-order valence-electron chi connectivity index (χ0n) is 21.3. The number of anilines is 1. The van der Waals surface area contributed by atoms with E-state index >= 15 is 0 Å². The molecule has 0 atom stereocenters. The molecule has 3 aromatic rings. The number of halogens is 1. The summed E-state index contributed by atoms with van der Waals surface area (Å²) in [6.45, 7) is 12.2. The first-order valence-electron chi connectivity index (χ1n) is 12.0. The predicted molar refractivity (Wildman–Crippen MR) is 139 cm³/mol. The number of aryl methyl sites for hydroxylation is 1. The number of nitrogens with one attached hydrogen (secondary N) is 1. The Morgan fingerprint density at radius 1 is 1.08 bits per heavy atom. The van der Waals surface area contributed by atoms with E-state index in [0.717, 1.165) is 11.4 Å². The summed E-state index contributed by atoms with van der Waals surface area (Å²) >= 11 is 6.55. The van der Waals surface area contributed by atoms with Crippen molar-refractivity contribution in [2.24, 2.45) is 0 Å². The molecule has 1 fully saturated rings. The first kappa shape index (κ1) is 25.7. The minimum Gasteiger partial charge on any atom is -0.444 e. The molecule has 3 heterocycles. The van der Waals surface area contributed by atoms with Crippen molar-refractivity contribution < 1.29 is 14.3 Å². The third-order valence-corrected chi connectivity index (χ3v) is 6.16. The fraction of sp³-hybridized carbons (Fsp3) is 0.480. The average molecular weight is 514 g/mol. The van der Waals surface area contributed by atoms with Crippen molar-refractivity contribution >= 4 is 40.6 Å². The van der Waals surface area contributed by atoms with Crippen LogP contribution in [0.5, 0.6) is 0 Å². The summed E-state index contributed by atoms with van der Waals surface area (Å²) in [5.74, 6) is 2.05. The van der Waals surface area contributed by atoms with E-state index in [2.05, 4.69) is 10.2 Å². The van der Waals surface area contributed by atoms with Gasteiger partial charge in [0.1, 0.15) is 17.2 Å². The fourth-order valence-electron chi connectivity index (χ4n) is 4.19. The minimum absolute atomic E-state index is 0.0708. The maximum absolute atomic E-state index is 12.2. The number of hydrogen-bond acceptors (Lipinski definition) is 7. The molecule has 192 valence electrons. The summed E-state index contributed by atoms with van der Waals surface area (Å²) in [6.07, 6.45) is -0.485. The molecular formula is C25H32ClN7O3. The van der Waals surface area contributed by atoms with Gasteiger partial charge in [-0.1, -0.05) is 23.7 Å². The molecule has 11 heteroatoms. The lowest BCUT2D eigenvalue weighted by Gasteiger charge is -2.34. The number of nitrogens with zero attached hydrogens (tertiary/aromatic N) is 6. The number of benzene rings is 1. The molecule has 2 aromatic heterocycles. The molecule has 10 nitrogen and oxygen atoms in total. The highest BCUT2D eigenvalue weighted by Gasteiger charge is 2.26. The largest absolute Gasteiger partial charge is 0.444 e. The molecule has 1 aromatic carbocycles. The molecule has 1 aliphatic heterocycles. The number of amides is 2. The van der Waals surface area contributed by atoms with Crippen LogP contribution in [0.25, 0.3) is 22.6 Å². The van der Waals surface area contributed by atoms with Gasteiger partial charge in [0.25, 0.3) is 0 Å². The van der Waals surface area contributed by atoms with Gasteiger partial charge in [-0.05, 0) is 39.8 Å². The van der Waals surface area contributed by atoms with Crippen molar-refractivity contribution in [2.75, 3.05) is 37.6 Å². The second-order valence-corrected chi connectivity index (χ2v) is 10.2. The molecule has 0 aliphatic carbocycles. The number of imidazole rings is 1. The zero-order chi connectivity index (χ0) is 26.0. The van der Waals surface area contributed by atoms with Gasteiger partial charge in [-0.2, -0.15) is 0 Å². The minimum atomic E-state index is -0.583. The third kappa shape index (κ3) is 5.70. The van der Waals surface area contributed by atoms with E-state index in [9.17, 15) is 9.59 Å². The van der Waals surface area contributed by atoms with Gasteiger partial charge in [-0.15, -0.1) is 0 Å². The van der Waals surface area contributed by atoms with Gasteiger partial charge in [0, 0.05) is 51.8 Å². The van der Waals surface area contributed by atoms with Crippen molar-refractivity contribution in [1.29, 1.82) is 0 Å². The first-order chi connectivity index (χ1) is 17.0. The number of aromatic nitrogens is 4. The normalized spacial score (nSPS) is 14.3. The second kappa shape index (κ2) is 10.3. The summed E-state index contributed by atoms with van der Waals surface area (Å²) < 4.78 is 7.32. The number of piperazine rings is 1. The summed E-state index contributed by atoms with van der Waals surface area (Å²) in [7, 11) is 0. The Bertz CT molecular complexity index is 1280. The summed E-state index contributed by atoms with van der Waals surface area (Å²) in [5, 5.41) is 3.37. The highest BCUT2D eigenvalue weighted by molar-refractivity contribution is 6.33. The van der Waals surface area contributed by atoms with Crippen molar-refractivity contribution in [3.63, 3.8) is 0 Å². The molecule has 1 saturated heterocycles. The van der Waals surface area contributed by atoms with Crippen LogP contribution < -0.4 is 10.2 Å². The quantitative estimate of drug-likeness (QED) is 0.555. The van der Waals surface area contributed by atoms with E-state index in [-0.39, 0.29) is 5.91 Å². The van der Waals surface area contributed by atoms with Crippen molar-refractivity contribution in [3.05, 3.63) is 35.1 Å². The van der Waals surface area contributed by atoms with Gasteiger partial charge in [0.2, 0.25) is 5.91 Å². The second-order valence-electron chi connectivity index (χ2n) is 9.76.